The smallest absolute Gasteiger partial charge is 0.252 e. The highest BCUT2D eigenvalue weighted by Crippen LogP contribution is 2.31. The maximum atomic E-state index is 13.9. The van der Waals surface area contributed by atoms with Gasteiger partial charge in [-0.2, -0.15) is 4.31 Å². The van der Waals surface area contributed by atoms with Crippen LogP contribution in [-0.4, -0.2) is 49.7 Å². The van der Waals surface area contributed by atoms with E-state index < -0.39 is 21.7 Å². The van der Waals surface area contributed by atoms with Gasteiger partial charge in [-0.05, 0) is 47.9 Å². The topological polar surface area (TPSA) is 95.9 Å². The molecule has 1 atom stereocenters. The van der Waals surface area contributed by atoms with Gasteiger partial charge in [0.25, 0.3) is 5.91 Å². The fourth-order valence-corrected chi connectivity index (χ4v) is 6.09. The van der Waals surface area contributed by atoms with Crippen LogP contribution >= 0.6 is 11.6 Å². The number of hydrogen-bond donors (Lipinski definition) is 2. The summed E-state index contributed by atoms with van der Waals surface area (Å²) in [5.74, 6) is 0.0466. The Balaban J connectivity index is 1.95. The summed E-state index contributed by atoms with van der Waals surface area (Å²) in [5.41, 5.74) is -0.750. The van der Waals surface area contributed by atoms with Crippen LogP contribution in [0.15, 0.2) is 83.8 Å². The molecule has 3 aromatic carbocycles. The fraction of sp³-hybridized carbons (Fsp3) is 0.321. The van der Waals surface area contributed by atoms with Crippen molar-refractivity contribution in [1.29, 1.82) is 0 Å². The third kappa shape index (κ3) is 7.32. The quantitative estimate of drug-likeness (QED) is 0.321. The van der Waals surface area contributed by atoms with Gasteiger partial charge in [0.05, 0.1) is 22.6 Å². The van der Waals surface area contributed by atoms with E-state index >= 15 is 0 Å². The molecule has 0 saturated carbocycles. The maximum absolute atomic E-state index is 13.9. The zero-order valence-corrected chi connectivity index (χ0v) is 22.8. The number of hydrogen-bond acceptors (Lipinski definition) is 5. The monoisotopic (exact) mass is 544 g/mol. The van der Waals surface area contributed by atoms with Crippen molar-refractivity contribution in [2.24, 2.45) is 5.92 Å². The molecule has 0 aliphatic carbocycles. The number of benzene rings is 3. The van der Waals surface area contributed by atoms with Crippen molar-refractivity contribution in [2.45, 2.75) is 37.3 Å². The molecule has 2 N–H and O–H groups in total. The second-order valence-electron chi connectivity index (χ2n) is 9.24. The Morgan fingerprint density at radius 1 is 1.03 bits per heavy atom. The molecular formula is C28H33ClN2O5S. The second kappa shape index (κ2) is 12.6. The van der Waals surface area contributed by atoms with Crippen LogP contribution in [0, 0.1) is 5.92 Å². The lowest BCUT2D eigenvalue weighted by Crippen LogP contribution is -2.55. The molecule has 198 valence electrons. The number of carbonyl (C=O) groups is 1. The Morgan fingerprint density at radius 3 is 2.24 bits per heavy atom. The van der Waals surface area contributed by atoms with Gasteiger partial charge in [0.15, 0.2) is 0 Å². The highest BCUT2D eigenvalue weighted by atomic mass is 35.5. The van der Waals surface area contributed by atoms with E-state index in [0.717, 1.165) is 9.87 Å². The summed E-state index contributed by atoms with van der Waals surface area (Å²) in [6.07, 6.45) is -0.00189. The van der Waals surface area contributed by atoms with Crippen molar-refractivity contribution in [3.63, 3.8) is 0 Å². The molecule has 7 nitrogen and oxygen atoms in total. The molecule has 3 rings (SSSR count). The third-order valence-electron chi connectivity index (χ3n) is 5.90. The highest BCUT2D eigenvalue weighted by molar-refractivity contribution is 7.89. The van der Waals surface area contributed by atoms with Crippen LogP contribution in [0.1, 0.15) is 36.2 Å². The number of carbonyl (C=O) groups excluding carboxylic acids is 1. The zero-order valence-electron chi connectivity index (χ0n) is 21.2. The molecule has 0 aliphatic rings. The summed E-state index contributed by atoms with van der Waals surface area (Å²) < 4.78 is 34.1. The van der Waals surface area contributed by atoms with Crippen LogP contribution < -0.4 is 10.1 Å². The van der Waals surface area contributed by atoms with Crippen LogP contribution in [0.2, 0.25) is 5.02 Å². The minimum Gasteiger partial charge on any atom is -0.497 e. The number of aliphatic hydroxyl groups is 1. The number of halogens is 1. The summed E-state index contributed by atoms with van der Waals surface area (Å²) in [7, 11) is -2.61. The molecule has 0 heterocycles. The molecule has 0 fully saturated rings. The van der Waals surface area contributed by atoms with E-state index in [2.05, 4.69) is 5.32 Å². The first-order chi connectivity index (χ1) is 17.6. The van der Waals surface area contributed by atoms with Gasteiger partial charge in [0, 0.05) is 25.9 Å². The molecule has 37 heavy (non-hydrogen) atoms. The van der Waals surface area contributed by atoms with E-state index in [0.29, 0.717) is 16.3 Å². The number of amides is 1. The standard InChI is InChI=1S/C28H33ClN2O5S/c1-21(2)20-31(37(34,35)24-15-13-23(36-3)14-16-24)28(33,19-22-9-5-4-6-10-22)17-18-30-27(32)25-11-7-8-12-26(25)29/h4-16,21,33H,17-20H2,1-3H3,(H,30,32). The van der Waals surface area contributed by atoms with E-state index in [-0.39, 0.29) is 36.7 Å². The Bertz CT molecular complexity index is 1280. The Morgan fingerprint density at radius 2 is 1.65 bits per heavy atom. The predicted molar refractivity (Wildman–Crippen MR) is 145 cm³/mol. The first-order valence-corrected chi connectivity index (χ1v) is 13.8. The van der Waals surface area contributed by atoms with Crippen LogP contribution in [0.25, 0.3) is 0 Å². The maximum Gasteiger partial charge on any atom is 0.252 e. The lowest BCUT2D eigenvalue weighted by molar-refractivity contribution is -0.0700. The average molecular weight is 545 g/mol. The largest absolute Gasteiger partial charge is 0.497 e. The van der Waals surface area contributed by atoms with Crippen LogP contribution in [-0.2, 0) is 16.4 Å². The lowest BCUT2D eigenvalue weighted by atomic mass is 9.98. The molecule has 0 bridgehead atoms. The van der Waals surface area contributed by atoms with Gasteiger partial charge >= 0.3 is 0 Å². The average Bonchev–Trinajstić information content (AvgIpc) is 2.88. The van der Waals surface area contributed by atoms with E-state index in [4.69, 9.17) is 16.3 Å². The first kappa shape index (κ1) is 28.7. The predicted octanol–water partition coefficient (Wildman–Crippen LogP) is 4.75. The Kier molecular flexibility index (Phi) is 9.73. The minimum absolute atomic E-state index is 0.0279. The minimum atomic E-state index is -4.11. The van der Waals surface area contributed by atoms with Crippen molar-refractivity contribution in [3.05, 3.63) is 95.0 Å². The summed E-state index contributed by atoms with van der Waals surface area (Å²) >= 11 is 6.15. The number of methoxy groups -OCH3 is 1. The van der Waals surface area contributed by atoms with Gasteiger partial charge in [-0.15, -0.1) is 0 Å². The van der Waals surface area contributed by atoms with Crippen LogP contribution in [0.3, 0.4) is 0 Å². The Hall–Kier alpha value is -2.91. The number of ether oxygens (including phenoxy) is 1. The van der Waals surface area contributed by atoms with Gasteiger partial charge in [0.1, 0.15) is 11.5 Å². The first-order valence-electron chi connectivity index (χ1n) is 12.0. The molecule has 0 radical (unpaired) electrons. The summed E-state index contributed by atoms with van der Waals surface area (Å²) in [6, 6.07) is 21.9. The molecule has 0 aromatic heterocycles. The number of sulfonamides is 1. The number of nitrogens with one attached hydrogen (secondary N) is 1. The molecule has 0 aliphatic heterocycles. The van der Waals surface area contributed by atoms with E-state index in [1.54, 1.807) is 36.4 Å². The normalized spacial score (nSPS) is 13.4. The molecule has 0 spiro atoms. The molecule has 0 saturated heterocycles. The fourth-order valence-electron chi connectivity index (χ4n) is 4.04. The van der Waals surface area contributed by atoms with Gasteiger partial charge < -0.3 is 15.2 Å². The lowest BCUT2D eigenvalue weighted by Gasteiger charge is -2.40. The van der Waals surface area contributed by atoms with Crippen molar-refractivity contribution in [3.8, 4) is 5.75 Å². The van der Waals surface area contributed by atoms with Crippen molar-refractivity contribution < 1.29 is 23.1 Å². The Labute approximate surface area is 224 Å². The van der Waals surface area contributed by atoms with Crippen LogP contribution in [0.4, 0.5) is 0 Å². The molecule has 1 amide bonds. The van der Waals surface area contributed by atoms with Crippen LogP contribution in [0.5, 0.6) is 5.75 Å². The van der Waals surface area contributed by atoms with Crippen molar-refractivity contribution >= 4 is 27.5 Å². The summed E-state index contributed by atoms with van der Waals surface area (Å²) in [5, 5.41) is 15.1. The SMILES string of the molecule is COc1ccc(S(=O)(=O)N(CC(C)C)C(O)(CCNC(=O)c2ccccc2Cl)Cc2ccccc2)cc1. The van der Waals surface area contributed by atoms with E-state index in [1.165, 1.54) is 19.2 Å². The summed E-state index contributed by atoms with van der Waals surface area (Å²) in [4.78, 5) is 12.8. The van der Waals surface area contributed by atoms with Crippen molar-refractivity contribution in [2.75, 3.05) is 20.2 Å². The van der Waals surface area contributed by atoms with Gasteiger partial charge in [0.2, 0.25) is 10.0 Å². The van der Waals surface area contributed by atoms with Crippen molar-refractivity contribution in [1.82, 2.24) is 9.62 Å². The molecule has 3 aromatic rings. The highest BCUT2D eigenvalue weighted by Gasteiger charge is 2.43. The molecular weight excluding hydrogens is 512 g/mol. The number of nitrogens with zero attached hydrogens (tertiary/aromatic N) is 1. The third-order valence-corrected chi connectivity index (χ3v) is 8.17. The van der Waals surface area contributed by atoms with Gasteiger partial charge in [-0.3, -0.25) is 4.79 Å². The summed E-state index contributed by atoms with van der Waals surface area (Å²) in [6.45, 7) is 3.88. The second-order valence-corrected chi connectivity index (χ2v) is 11.5. The van der Waals surface area contributed by atoms with E-state index in [1.807, 2.05) is 44.2 Å². The zero-order chi connectivity index (χ0) is 27.1. The number of rotatable bonds is 12. The van der Waals surface area contributed by atoms with E-state index in [9.17, 15) is 18.3 Å². The molecule has 1 unspecified atom stereocenters. The van der Waals surface area contributed by atoms with Gasteiger partial charge in [-0.25, -0.2) is 8.42 Å². The molecule has 9 heteroatoms. The van der Waals surface area contributed by atoms with Gasteiger partial charge in [-0.1, -0.05) is 67.9 Å².